The fourth-order valence-corrected chi connectivity index (χ4v) is 3.80. The van der Waals surface area contributed by atoms with Gasteiger partial charge in [-0.3, -0.25) is 10.1 Å². The van der Waals surface area contributed by atoms with Crippen molar-refractivity contribution in [3.63, 3.8) is 0 Å². The van der Waals surface area contributed by atoms with Gasteiger partial charge in [0.1, 0.15) is 0 Å². The van der Waals surface area contributed by atoms with E-state index in [9.17, 15) is 22.9 Å². The minimum atomic E-state index is -3.84. The van der Waals surface area contributed by atoms with Crippen LogP contribution in [0.4, 0.5) is 10.1 Å². The van der Waals surface area contributed by atoms with E-state index in [-0.39, 0.29) is 16.5 Å². The highest BCUT2D eigenvalue weighted by molar-refractivity contribution is 7.89. The average molecular weight is 302 g/mol. The summed E-state index contributed by atoms with van der Waals surface area (Å²) < 4.78 is 39.6. The number of nitro groups is 1. The summed E-state index contributed by atoms with van der Waals surface area (Å²) in [7, 11) is -2.39. The van der Waals surface area contributed by atoms with Gasteiger partial charge >= 0.3 is 5.69 Å². The van der Waals surface area contributed by atoms with Gasteiger partial charge < -0.3 is 0 Å². The summed E-state index contributed by atoms with van der Waals surface area (Å²) >= 11 is 0. The van der Waals surface area contributed by atoms with Gasteiger partial charge in [0.15, 0.2) is 0 Å². The molecule has 0 amide bonds. The molecule has 1 aromatic rings. The first-order valence-corrected chi connectivity index (χ1v) is 7.61. The van der Waals surface area contributed by atoms with Crippen LogP contribution in [0.2, 0.25) is 0 Å². The van der Waals surface area contributed by atoms with Crippen LogP contribution >= 0.6 is 0 Å². The second-order valence-corrected chi connectivity index (χ2v) is 6.90. The number of rotatable bonds is 4. The van der Waals surface area contributed by atoms with Crippen LogP contribution in [0.3, 0.4) is 0 Å². The second-order valence-electron chi connectivity index (χ2n) is 4.93. The normalized spacial score (nSPS) is 16.2. The van der Waals surface area contributed by atoms with Crippen LogP contribution in [0.1, 0.15) is 24.8 Å². The van der Waals surface area contributed by atoms with Gasteiger partial charge in [-0.05, 0) is 31.4 Å². The highest BCUT2D eigenvalue weighted by Gasteiger charge is 2.34. The first kappa shape index (κ1) is 14.9. The lowest BCUT2D eigenvalue weighted by molar-refractivity contribution is -0.387. The third-order valence-electron chi connectivity index (χ3n) is 3.69. The molecular formula is C12H15FN2O4S. The molecule has 1 saturated carbocycles. The lowest BCUT2D eigenvalue weighted by atomic mass is 9.94. The minimum absolute atomic E-state index is 0.0801. The fourth-order valence-electron chi connectivity index (χ4n) is 2.16. The summed E-state index contributed by atoms with van der Waals surface area (Å²) in [6.45, 7) is 1.42. The van der Waals surface area contributed by atoms with Gasteiger partial charge in [-0.25, -0.2) is 8.42 Å². The molecule has 8 heteroatoms. The van der Waals surface area contributed by atoms with Crippen molar-refractivity contribution < 1.29 is 17.7 Å². The lowest BCUT2D eigenvalue weighted by Crippen LogP contribution is -2.41. The van der Waals surface area contributed by atoms with Crippen LogP contribution in [0.15, 0.2) is 17.0 Å². The average Bonchev–Trinajstić information content (AvgIpc) is 2.25. The Hall–Kier alpha value is -1.54. The second kappa shape index (κ2) is 5.10. The van der Waals surface area contributed by atoms with Crippen molar-refractivity contribution in [1.29, 1.82) is 0 Å². The molecule has 20 heavy (non-hydrogen) atoms. The third-order valence-corrected chi connectivity index (χ3v) is 5.74. The van der Waals surface area contributed by atoms with Crippen LogP contribution < -0.4 is 0 Å². The van der Waals surface area contributed by atoms with E-state index in [1.165, 1.54) is 18.3 Å². The number of hydrogen-bond donors (Lipinski definition) is 0. The van der Waals surface area contributed by atoms with Crippen molar-refractivity contribution in [2.45, 2.75) is 37.1 Å². The van der Waals surface area contributed by atoms with E-state index in [1.54, 1.807) is 0 Å². The highest BCUT2D eigenvalue weighted by Crippen LogP contribution is 2.32. The molecule has 0 N–H and O–H groups in total. The van der Waals surface area contributed by atoms with Crippen molar-refractivity contribution in [2.75, 3.05) is 7.05 Å². The maximum atomic E-state index is 13.5. The first-order chi connectivity index (χ1) is 9.25. The van der Waals surface area contributed by atoms with E-state index in [0.29, 0.717) is 0 Å². The largest absolute Gasteiger partial charge is 0.306 e. The zero-order valence-corrected chi connectivity index (χ0v) is 12.0. The number of halogens is 1. The monoisotopic (exact) mass is 302 g/mol. The molecule has 1 aliphatic rings. The van der Waals surface area contributed by atoms with Gasteiger partial charge in [0.25, 0.3) is 0 Å². The Balaban J connectivity index is 2.50. The van der Waals surface area contributed by atoms with Gasteiger partial charge in [0, 0.05) is 19.2 Å². The molecule has 0 saturated heterocycles. The Morgan fingerprint density at radius 3 is 2.45 bits per heavy atom. The third kappa shape index (κ3) is 2.40. The molecule has 0 atom stereocenters. The molecule has 6 nitrogen and oxygen atoms in total. The van der Waals surface area contributed by atoms with Crippen LogP contribution in [-0.4, -0.2) is 30.7 Å². The lowest BCUT2D eigenvalue weighted by Gasteiger charge is -2.34. The molecule has 0 heterocycles. The van der Waals surface area contributed by atoms with Crippen LogP contribution in [-0.2, 0) is 10.0 Å². The molecule has 2 rings (SSSR count). The van der Waals surface area contributed by atoms with Crippen LogP contribution in [0.25, 0.3) is 0 Å². The van der Waals surface area contributed by atoms with E-state index in [2.05, 4.69) is 0 Å². The zero-order valence-electron chi connectivity index (χ0n) is 11.2. The Kier molecular flexibility index (Phi) is 3.79. The number of aryl methyl sites for hydroxylation is 1. The maximum Gasteiger partial charge on any atom is 0.306 e. The summed E-state index contributed by atoms with van der Waals surface area (Å²) in [5.74, 6) is -1.03. The van der Waals surface area contributed by atoms with E-state index >= 15 is 0 Å². The summed E-state index contributed by atoms with van der Waals surface area (Å²) in [4.78, 5) is 9.61. The van der Waals surface area contributed by atoms with Crippen molar-refractivity contribution in [3.05, 3.63) is 33.6 Å². The summed E-state index contributed by atoms with van der Waals surface area (Å²) in [5, 5.41) is 10.7. The van der Waals surface area contributed by atoms with Crippen molar-refractivity contribution in [3.8, 4) is 0 Å². The molecule has 110 valence electrons. The van der Waals surface area contributed by atoms with E-state index in [4.69, 9.17) is 0 Å². The number of hydrogen-bond acceptors (Lipinski definition) is 4. The minimum Gasteiger partial charge on any atom is -0.258 e. The molecule has 0 aromatic heterocycles. The quantitative estimate of drug-likeness (QED) is 0.631. The van der Waals surface area contributed by atoms with Crippen molar-refractivity contribution in [2.24, 2.45) is 0 Å². The van der Waals surface area contributed by atoms with Crippen LogP contribution in [0, 0.1) is 22.9 Å². The van der Waals surface area contributed by atoms with Gasteiger partial charge in [0.05, 0.1) is 9.82 Å². The van der Waals surface area contributed by atoms with E-state index in [0.717, 1.165) is 31.4 Å². The standard InChI is InChI=1S/C12H15FN2O4S/c1-8-6-10(13)11(15(16)17)7-12(8)20(18,19)14(2)9-4-3-5-9/h6-7,9H,3-5H2,1-2H3. The molecule has 1 fully saturated rings. The molecule has 1 aromatic carbocycles. The topological polar surface area (TPSA) is 80.5 Å². The Morgan fingerprint density at radius 2 is 2.00 bits per heavy atom. The van der Waals surface area contributed by atoms with Gasteiger partial charge in [0.2, 0.25) is 15.8 Å². The van der Waals surface area contributed by atoms with E-state index in [1.807, 2.05) is 0 Å². The molecule has 0 bridgehead atoms. The molecule has 0 radical (unpaired) electrons. The smallest absolute Gasteiger partial charge is 0.258 e. The Bertz CT molecular complexity index is 656. The number of sulfonamides is 1. The first-order valence-electron chi connectivity index (χ1n) is 6.17. The Morgan fingerprint density at radius 1 is 1.40 bits per heavy atom. The number of nitrogens with zero attached hydrogens (tertiary/aromatic N) is 2. The number of benzene rings is 1. The van der Waals surface area contributed by atoms with Gasteiger partial charge in [-0.1, -0.05) is 6.42 Å². The predicted octanol–water partition coefficient (Wildman–Crippen LogP) is 2.22. The summed E-state index contributed by atoms with van der Waals surface area (Å²) in [5.41, 5.74) is -0.657. The molecular weight excluding hydrogens is 287 g/mol. The fraction of sp³-hybridized carbons (Fsp3) is 0.500. The van der Waals surface area contributed by atoms with Gasteiger partial charge in [-0.15, -0.1) is 0 Å². The SMILES string of the molecule is Cc1cc(F)c([N+](=O)[O-])cc1S(=O)(=O)N(C)C1CCC1. The zero-order chi connectivity index (χ0) is 15.1. The van der Waals surface area contributed by atoms with E-state index < -0.39 is 26.5 Å². The van der Waals surface area contributed by atoms with Gasteiger partial charge in [-0.2, -0.15) is 8.70 Å². The molecule has 0 aliphatic heterocycles. The van der Waals surface area contributed by atoms with Crippen LogP contribution in [0.5, 0.6) is 0 Å². The number of nitro benzene ring substituents is 1. The van der Waals surface area contributed by atoms with Crippen molar-refractivity contribution >= 4 is 15.7 Å². The molecule has 0 unspecified atom stereocenters. The maximum absolute atomic E-state index is 13.5. The van der Waals surface area contributed by atoms with Crippen molar-refractivity contribution in [1.82, 2.24) is 4.31 Å². The highest BCUT2D eigenvalue weighted by atomic mass is 32.2. The molecule has 1 aliphatic carbocycles. The summed E-state index contributed by atoms with van der Waals surface area (Å²) in [6.07, 6.45) is 2.52. The predicted molar refractivity (Wildman–Crippen MR) is 70.4 cm³/mol. The summed E-state index contributed by atoms with van der Waals surface area (Å²) in [6, 6.07) is 1.61. The molecule has 0 spiro atoms. The Labute approximate surface area is 116 Å².